The third kappa shape index (κ3) is 4.69. The van der Waals surface area contributed by atoms with Crippen LogP contribution in [0.2, 0.25) is 0 Å². The predicted molar refractivity (Wildman–Crippen MR) is 92.5 cm³/mol. The van der Waals surface area contributed by atoms with E-state index in [0.29, 0.717) is 19.5 Å². The van der Waals surface area contributed by atoms with Crippen molar-refractivity contribution in [3.8, 4) is 0 Å². The van der Waals surface area contributed by atoms with Gasteiger partial charge in [-0.25, -0.2) is 4.79 Å². The van der Waals surface area contributed by atoms with Crippen molar-refractivity contribution >= 4 is 6.03 Å². The van der Waals surface area contributed by atoms with E-state index in [1.54, 1.807) is 0 Å². The zero-order valence-corrected chi connectivity index (χ0v) is 15.0. The number of nitrogens with one attached hydrogen (secondary N) is 2. The second kappa shape index (κ2) is 9.01. The normalized spacial score (nSPS) is 14.8. The number of fused-ring (bicyclic) bond motifs is 1. The highest BCUT2D eigenvalue weighted by Crippen LogP contribution is 2.29. The zero-order chi connectivity index (χ0) is 17.4. The van der Waals surface area contributed by atoms with Gasteiger partial charge in [0.15, 0.2) is 5.82 Å². The van der Waals surface area contributed by atoms with E-state index in [9.17, 15) is 9.90 Å². The molecule has 0 spiro atoms. The van der Waals surface area contributed by atoms with Gasteiger partial charge >= 0.3 is 6.03 Å². The van der Waals surface area contributed by atoms with Crippen molar-refractivity contribution in [1.82, 2.24) is 25.4 Å². The number of aliphatic hydroxyl groups excluding tert-OH is 1. The van der Waals surface area contributed by atoms with E-state index in [1.165, 1.54) is 6.42 Å². The number of aromatic nitrogens is 3. The fourth-order valence-electron chi connectivity index (χ4n) is 3.34. The molecule has 0 fully saturated rings. The fourth-order valence-corrected chi connectivity index (χ4v) is 3.34. The number of urea groups is 1. The number of amides is 2. The lowest BCUT2D eigenvalue weighted by Gasteiger charge is -2.31. The van der Waals surface area contributed by atoms with E-state index in [4.69, 9.17) is 0 Å². The van der Waals surface area contributed by atoms with E-state index < -0.39 is 0 Å². The summed E-state index contributed by atoms with van der Waals surface area (Å²) in [4.78, 5) is 12.1. The number of nitrogens with zero attached hydrogens (tertiary/aromatic N) is 3. The molecule has 0 saturated heterocycles. The van der Waals surface area contributed by atoms with Crippen LogP contribution in [0.5, 0.6) is 0 Å². The van der Waals surface area contributed by atoms with Crippen molar-refractivity contribution in [3.63, 3.8) is 0 Å². The molecule has 0 radical (unpaired) electrons. The molecule has 1 aliphatic heterocycles. The molecule has 0 unspecified atom stereocenters. The van der Waals surface area contributed by atoms with Crippen molar-refractivity contribution in [3.05, 3.63) is 11.6 Å². The van der Waals surface area contributed by atoms with Gasteiger partial charge in [-0.15, -0.1) is 10.2 Å². The molecule has 1 aromatic rings. The largest absolute Gasteiger partial charge is 0.396 e. The monoisotopic (exact) mass is 337 g/mol. The van der Waals surface area contributed by atoms with Crippen LogP contribution in [0.25, 0.3) is 0 Å². The van der Waals surface area contributed by atoms with Gasteiger partial charge in [-0.2, -0.15) is 0 Å². The summed E-state index contributed by atoms with van der Waals surface area (Å²) in [7, 11) is 0. The average Bonchev–Trinajstić information content (AvgIpc) is 2.83. The maximum absolute atomic E-state index is 12.1. The molecule has 0 aliphatic carbocycles. The Kier molecular flexibility index (Phi) is 7.02. The zero-order valence-electron chi connectivity index (χ0n) is 15.0. The third-order valence-electron chi connectivity index (χ3n) is 5.36. The number of carbonyl (C=O) groups excluding carboxylic acids is 1. The van der Waals surface area contributed by atoms with Gasteiger partial charge in [0.05, 0.1) is 6.54 Å². The van der Waals surface area contributed by atoms with Crippen molar-refractivity contribution in [1.29, 1.82) is 0 Å². The summed E-state index contributed by atoms with van der Waals surface area (Å²) in [6.07, 6.45) is 7.06. The Labute approximate surface area is 144 Å². The smallest absolute Gasteiger partial charge is 0.315 e. The van der Waals surface area contributed by atoms with Gasteiger partial charge in [-0.3, -0.25) is 0 Å². The number of rotatable bonds is 8. The lowest BCUT2D eigenvalue weighted by molar-refractivity contribution is 0.163. The van der Waals surface area contributed by atoms with Crippen LogP contribution in [-0.2, 0) is 19.5 Å². The Morgan fingerprint density at radius 1 is 1.21 bits per heavy atom. The summed E-state index contributed by atoms with van der Waals surface area (Å²) >= 11 is 0. The summed E-state index contributed by atoms with van der Waals surface area (Å²) in [5.74, 6) is 1.86. The fraction of sp³-hybridized carbons (Fsp3) is 0.824. The first kappa shape index (κ1) is 18.7. The third-order valence-corrected chi connectivity index (χ3v) is 5.36. The average molecular weight is 337 g/mol. The summed E-state index contributed by atoms with van der Waals surface area (Å²) in [6.45, 7) is 6.26. The van der Waals surface area contributed by atoms with E-state index in [2.05, 4.69) is 39.2 Å². The first-order valence-electron chi connectivity index (χ1n) is 9.17. The second-order valence-electron chi connectivity index (χ2n) is 6.71. The summed E-state index contributed by atoms with van der Waals surface area (Å²) in [6, 6.07) is -0.190. The molecule has 1 aliphatic rings. The number of carbonyl (C=O) groups is 1. The molecule has 0 saturated carbocycles. The van der Waals surface area contributed by atoms with Crippen molar-refractivity contribution in [2.75, 3.05) is 13.2 Å². The molecular formula is C17H31N5O2. The highest BCUT2D eigenvalue weighted by Gasteiger charge is 2.26. The Hall–Kier alpha value is -1.63. The van der Waals surface area contributed by atoms with Gasteiger partial charge in [0, 0.05) is 26.1 Å². The molecule has 2 heterocycles. The Bertz CT molecular complexity index is 525. The van der Waals surface area contributed by atoms with Crippen LogP contribution in [0.4, 0.5) is 4.79 Å². The van der Waals surface area contributed by atoms with Crippen molar-refractivity contribution in [2.24, 2.45) is 5.41 Å². The highest BCUT2D eigenvalue weighted by atomic mass is 16.3. The lowest BCUT2D eigenvalue weighted by Crippen LogP contribution is -2.42. The topological polar surface area (TPSA) is 92.1 Å². The van der Waals surface area contributed by atoms with E-state index in [-0.39, 0.29) is 18.1 Å². The molecule has 2 rings (SSSR count). The van der Waals surface area contributed by atoms with Crippen LogP contribution in [0, 0.1) is 5.41 Å². The Balaban J connectivity index is 1.84. The molecular weight excluding hydrogens is 306 g/mol. The van der Waals surface area contributed by atoms with Gasteiger partial charge in [-0.1, -0.05) is 20.3 Å². The summed E-state index contributed by atoms with van der Waals surface area (Å²) < 4.78 is 2.14. The summed E-state index contributed by atoms with van der Waals surface area (Å²) in [5, 5.41) is 23.5. The van der Waals surface area contributed by atoms with Crippen LogP contribution < -0.4 is 10.6 Å². The van der Waals surface area contributed by atoms with Crippen molar-refractivity contribution < 1.29 is 9.90 Å². The number of hydrogen-bond acceptors (Lipinski definition) is 4. The Morgan fingerprint density at radius 2 is 2.00 bits per heavy atom. The maximum Gasteiger partial charge on any atom is 0.315 e. The highest BCUT2D eigenvalue weighted by molar-refractivity contribution is 5.73. The minimum Gasteiger partial charge on any atom is -0.396 e. The second-order valence-corrected chi connectivity index (χ2v) is 6.71. The number of aryl methyl sites for hydroxylation is 1. The molecule has 136 valence electrons. The van der Waals surface area contributed by atoms with E-state index in [0.717, 1.165) is 50.3 Å². The first-order valence-corrected chi connectivity index (χ1v) is 9.17. The van der Waals surface area contributed by atoms with Crippen molar-refractivity contribution in [2.45, 2.75) is 71.9 Å². The minimum atomic E-state index is -0.190. The Morgan fingerprint density at radius 3 is 2.71 bits per heavy atom. The van der Waals surface area contributed by atoms with Crippen LogP contribution in [-0.4, -0.2) is 39.1 Å². The minimum absolute atomic E-state index is 0.0297. The molecule has 0 atom stereocenters. The van der Waals surface area contributed by atoms with Crippen LogP contribution in [0.1, 0.15) is 64.0 Å². The lowest BCUT2D eigenvalue weighted by atomic mass is 9.79. The predicted octanol–water partition coefficient (Wildman–Crippen LogP) is 1.99. The van der Waals surface area contributed by atoms with Gasteiger partial charge in [-0.05, 0) is 37.5 Å². The van der Waals surface area contributed by atoms with E-state index >= 15 is 0 Å². The standard InChI is InChI=1S/C17H31N5O2/c1-3-17(4-2,9-11-23)13-19-16(24)18-12-15-21-20-14-8-6-5-7-10-22(14)15/h23H,3-13H2,1-2H3,(H2,18,19,24). The molecule has 1 aromatic heterocycles. The van der Waals surface area contributed by atoms with Gasteiger partial charge in [0.2, 0.25) is 0 Å². The molecule has 7 heteroatoms. The summed E-state index contributed by atoms with van der Waals surface area (Å²) in [5.41, 5.74) is -0.0297. The SMILES string of the molecule is CCC(CC)(CCO)CNC(=O)NCc1nnc2n1CCCCC2. The molecule has 0 bridgehead atoms. The number of hydrogen-bond donors (Lipinski definition) is 3. The van der Waals surface area contributed by atoms with E-state index in [1.807, 2.05) is 0 Å². The maximum atomic E-state index is 12.1. The number of aliphatic hydroxyl groups is 1. The first-order chi connectivity index (χ1) is 11.6. The van der Waals surface area contributed by atoms with Crippen LogP contribution in [0.3, 0.4) is 0 Å². The van der Waals surface area contributed by atoms with Crippen LogP contribution in [0.15, 0.2) is 0 Å². The molecule has 0 aromatic carbocycles. The van der Waals surface area contributed by atoms with Gasteiger partial charge < -0.3 is 20.3 Å². The van der Waals surface area contributed by atoms with Gasteiger partial charge in [0.25, 0.3) is 0 Å². The molecule has 24 heavy (non-hydrogen) atoms. The molecule has 7 nitrogen and oxygen atoms in total. The molecule has 2 amide bonds. The van der Waals surface area contributed by atoms with Gasteiger partial charge in [0.1, 0.15) is 5.82 Å². The quantitative estimate of drug-likeness (QED) is 0.676. The molecule has 3 N–H and O–H groups in total. The van der Waals surface area contributed by atoms with Crippen LogP contribution >= 0.6 is 0 Å².